The second kappa shape index (κ2) is 8.35. The monoisotopic (exact) mass is 272 g/mol. The number of hydrazine groups is 1. The maximum absolute atomic E-state index is 5.96. The zero-order valence-electron chi connectivity index (χ0n) is 12.4. The van der Waals surface area contributed by atoms with Crippen molar-refractivity contribution in [1.82, 2.24) is 10.7 Å². The Morgan fingerprint density at radius 3 is 2.79 bits per heavy atom. The minimum Gasteiger partial charge on any atom is -0.383 e. The highest BCUT2D eigenvalue weighted by Gasteiger charge is 2.34. The van der Waals surface area contributed by atoms with E-state index < -0.39 is 0 Å². The summed E-state index contributed by atoms with van der Waals surface area (Å²) < 4.78 is 10.9. The number of nitrogens with zero attached hydrogens (tertiary/aromatic N) is 1. The van der Waals surface area contributed by atoms with E-state index in [1.54, 1.807) is 7.11 Å². The van der Waals surface area contributed by atoms with Gasteiger partial charge in [0.15, 0.2) is 0 Å². The van der Waals surface area contributed by atoms with Gasteiger partial charge < -0.3 is 14.8 Å². The van der Waals surface area contributed by atoms with E-state index in [1.165, 1.54) is 0 Å². The first-order valence-electron chi connectivity index (χ1n) is 7.10. The molecular formula is C13H28N4O2. The molecule has 0 spiro atoms. The second-order valence-electron chi connectivity index (χ2n) is 4.94. The van der Waals surface area contributed by atoms with E-state index in [9.17, 15) is 0 Å². The van der Waals surface area contributed by atoms with Crippen LogP contribution in [0, 0.1) is 0 Å². The molecule has 0 aromatic rings. The minimum atomic E-state index is 0.00214. The van der Waals surface area contributed by atoms with Crippen LogP contribution in [0.3, 0.4) is 0 Å². The van der Waals surface area contributed by atoms with Gasteiger partial charge in [0.25, 0.3) is 0 Å². The molecule has 1 atom stereocenters. The molecule has 19 heavy (non-hydrogen) atoms. The molecule has 6 heteroatoms. The van der Waals surface area contributed by atoms with Crippen molar-refractivity contribution in [3.05, 3.63) is 0 Å². The summed E-state index contributed by atoms with van der Waals surface area (Å²) in [4.78, 5) is 4.33. The van der Waals surface area contributed by atoms with Crippen molar-refractivity contribution >= 4 is 5.96 Å². The fraction of sp³-hybridized carbons (Fsp3) is 0.923. The van der Waals surface area contributed by atoms with Crippen LogP contribution in [0.5, 0.6) is 0 Å². The highest BCUT2D eigenvalue weighted by Crippen LogP contribution is 2.31. The SMILES string of the molecule is CCC1(CC)CC(NC(=NCCOC)NN)CCO1. The predicted octanol–water partition coefficient (Wildman–Crippen LogP) is 0.780. The fourth-order valence-corrected chi connectivity index (χ4v) is 2.47. The van der Waals surface area contributed by atoms with Gasteiger partial charge in [-0.3, -0.25) is 5.43 Å². The second-order valence-corrected chi connectivity index (χ2v) is 4.94. The largest absolute Gasteiger partial charge is 0.383 e. The highest BCUT2D eigenvalue weighted by molar-refractivity contribution is 5.79. The van der Waals surface area contributed by atoms with Gasteiger partial charge in [0.2, 0.25) is 5.96 Å². The third-order valence-corrected chi connectivity index (χ3v) is 3.82. The predicted molar refractivity (Wildman–Crippen MR) is 76.9 cm³/mol. The number of rotatable bonds is 6. The van der Waals surface area contributed by atoms with E-state index in [2.05, 4.69) is 29.6 Å². The van der Waals surface area contributed by atoms with Gasteiger partial charge in [-0.05, 0) is 25.7 Å². The molecule has 0 aliphatic carbocycles. The summed E-state index contributed by atoms with van der Waals surface area (Å²) in [5.41, 5.74) is 2.62. The molecule has 1 aliphatic heterocycles. The Balaban J connectivity index is 2.52. The summed E-state index contributed by atoms with van der Waals surface area (Å²) in [5.74, 6) is 6.12. The van der Waals surface area contributed by atoms with Gasteiger partial charge in [0.05, 0.1) is 18.8 Å². The first-order valence-corrected chi connectivity index (χ1v) is 7.10. The Morgan fingerprint density at radius 1 is 1.47 bits per heavy atom. The van der Waals surface area contributed by atoms with Crippen molar-refractivity contribution in [3.63, 3.8) is 0 Å². The maximum Gasteiger partial charge on any atom is 0.206 e. The number of methoxy groups -OCH3 is 1. The van der Waals surface area contributed by atoms with Crippen LogP contribution in [0.15, 0.2) is 4.99 Å². The molecule has 0 saturated carbocycles. The molecule has 112 valence electrons. The Bertz CT molecular complexity index is 280. The van der Waals surface area contributed by atoms with E-state index in [0.29, 0.717) is 25.2 Å². The highest BCUT2D eigenvalue weighted by atomic mass is 16.5. The summed E-state index contributed by atoms with van der Waals surface area (Å²) in [5, 5.41) is 3.37. The van der Waals surface area contributed by atoms with Gasteiger partial charge >= 0.3 is 0 Å². The molecule has 1 heterocycles. The molecule has 0 aromatic carbocycles. The van der Waals surface area contributed by atoms with E-state index >= 15 is 0 Å². The fourth-order valence-electron chi connectivity index (χ4n) is 2.47. The van der Waals surface area contributed by atoms with Crippen molar-refractivity contribution in [2.45, 2.75) is 51.2 Å². The molecule has 0 radical (unpaired) electrons. The number of nitrogens with two attached hydrogens (primary N) is 1. The molecule has 1 saturated heterocycles. The van der Waals surface area contributed by atoms with Gasteiger partial charge in [-0.25, -0.2) is 10.8 Å². The summed E-state index contributed by atoms with van der Waals surface area (Å²) >= 11 is 0. The quantitative estimate of drug-likeness (QED) is 0.219. The topological polar surface area (TPSA) is 80.9 Å². The van der Waals surface area contributed by atoms with Crippen LogP contribution in [0.1, 0.15) is 39.5 Å². The smallest absolute Gasteiger partial charge is 0.206 e. The van der Waals surface area contributed by atoms with E-state index in [4.69, 9.17) is 15.3 Å². The summed E-state index contributed by atoms with van der Waals surface area (Å²) in [7, 11) is 1.66. The van der Waals surface area contributed by atoms with Crippen molar-refractivity contribution in [2.75, 3.05) is 26.9 Å². The van der Waals surface area contributed by atoms with Crippen LogP contribution in [0.2, 0.25) is 0 Å². The molecule has 1 fully saturated rings. The van der Waals surface area contributed by atoms with E-state index in [-0.39, 0.29) is 5.60 Å². The lowest BCUT2D eigenvalue weighted by Crippen LogP contribution is -2.52. The van der Waals surface area contributed by atoms with Crippen molar-refractivity contribution in [3.8, 4) is 0 Å². The van der Waals surface area contributed by atoms with Gasteiger partial charge in [-0.2, -0.15) is 0 Å². The van der Waals surface area contributed by atoms with E-state index in [0.717, 1.165) is 32.3 Å². The lowest BCUT2D eigenvalue weighted by molar-refractivity contribution is -0.0910. The average Bonchev–Trinajstić information content (AvgIpc) is 2.46. The Morgan fingerprint density at radius 2 is 2.21 bits per heavy atom. The molecule has 4 N–H and O–H groups in total. The molecular weight excluding hydrogens is 244 g/mol. The van der Waals surface area contributed by atoms with Gasteiger partial charge in [0.1, 0.15) is 0 Å². The molecule has 0 aromatic heterocycles. The van der Waals surface area contributed by atoms with Crippen LogP contribution in [-0.4, -0.2) is 44.5 Å². The van der Waals surface area contributed by atoms with Crippen LogP contribution in [0.4, 0.5) is 0 Å². The number of nitrogens with one attached hydrogen (secondary N) is 2. The Kier molecular flexibility index (Phi) is 7.12. The maximum atomic E-state index is 5.96. The Labute approximate surface area is 116 Å². The first-order chi connectivity index (χ1) is 9.19. The number of hydrogen-bond donors (Lipinski definition) is 3. The zero-order valence-corrected chi connectivity index (χ0v) is 12.4. The Hall–Kier alpha value is -0.850. The van der Waals surface area contributed by atoms with Gasteiger partial charge in [-0.15, -0.1) is 0 Å². The van der Waals surface area contributed by atoms with E-state index in [1.807, 2.05) is 0 Å². The minimum absolute atomic E-state index is 0.00214. The molecule has 1 unspecified atom stereocenters. The number of ether oxygens (including phenoxy) is 2. The molecule has 0 bridgehead atoms. The molecule has 1 rings (SSSR count). The van der Waals surface area contributed by atoms with Crippen LogP contribution in [-0.2, 0) is 9.47 Å². The van der Waals surface area contributed by atoms with Crippen molar-refractivity contribution in [2.24, 2.45) is 10.8 Å². The summed E-state index contributed by atoms with van der Waals surface area (Å²) in [6.07, 6.45) is 4.04. The van der Waals surface area contributed by atoms with Crippen LogP contribution in [0.25, 0.3) is 0 Å². The summed E-state index contributed by atoms with van der Waals surface area (Å²) in [6.45, 7) is 6.34. The van der Waals surface area contributed by atoms with Crippen molar-refractivity contribution < 1.29 is 9.47 Å². The third kappa shape index (κ3) is 4.97. The van der Waals surface area contributed by atoms with Crippen LogP contribution < -0.4 is 16.6 Å². The normalized spacial score (nSPS) is 23.2. The van der Waals surface area contributed by atoms with Gasteiger partial charge in [-0.1, -0.05) is 13.8 Å². The number of aliphatic imine (C=N–C) groups is 1. The molecule has 0 amide bonds. The number of hydrogen-bond acceptors (Lipinski definition) is 4. The molecule has 6 nitrogen and oxygen atoms in total. The lowest BCUT2D eigenvalue weighted by Gasteiger charge is -2.40. The zero-order chi connectivity index (χ0) is 14.1. The first kappa shape index (κ1) is 16.2. The molecule has 1 aliphatic rings. The standard InChI is InChI=1S/C13H28N4O2/c1-4-13(5-2)10-11(6-8-19-13)16-12(17-14)15-7-9-18-3/h11H,4-10,14H2,1-3H3,(H2,15,16,17). The van der Waals surface area contributed by atoms with Crippen molar-refractivity contribution in [1.29, 1.82) is 0 Å². The summed E-state index contributed by atoms with van der Waals surface area (Å²) in [6, 6.07) is 0.353. The van der Waals surface area contributed by atoms with Crippen LogP contribution >= 0.6 is 0 Å². The average molecular weight is 272 g/mol. The number of guanidine groups is 1. The third-order valence-electron chi connectivity index (χ3n) is 3.82. The van der Waals surface area contributed by atoms with Gasteiger partial charge in [0, 0.05) is 19.8 Å². The lowest BCUT2D eigenvalue weighted by atomic mass is 9.86.